The fourth-order valence-electron chi connectivity index (χ4n) is 1.57. The van der Waals surface area contributed by atoms with Crippen LogP contribution >= 0.6 is 0 Å². The highest BCUT2D eigenvalue weighted by atomic mass is 15.0. The van der Waals surface area contributed by atoms with Crippen LogP contribution in [-0.4, -0.2) is 25.5 Å². The van der Waals surface area contributed by atoms with Gasteiger partial charge in [0.1, 0.15) is 0 Å². The van der Waals surface area contributed by atoms with Crippen molar-refractivity contribution in [1.82, 2.24) is 10.6 Å². The van der Waals surface area contributed by atoms with Gasteiger partial charge in [0, 0.05) is 6.20 Å². The Balaban J connectivity index is 2.11. The summed E-state index contributed by atoms with van der Waals surface area (Å²) in [5.74, 6) is 0. The molecule has 0 spiro atoms. The predicted molar refractivity (Wildman–Crippen MR) is 45.6 cm³/mol. The van der Waals surface area contributed by atoms with E-state index in [0.717, 1.165) is 19.5 Å². The van der Waals surface area contributed by atoms with Crippen LogP contribution in [0, 0.1) is 0 Å². The number of rotatable bonds is 0. The molecule has 1 fully saturated rings. The molecule has 3 nitrogen and oxygen atoms in total. The maximum absolute atomic E-state index is 4.08. The van der Waals surface area contributed by atoms with Gasteiger partial charge in [-0.2, -0.15) is 0 Å². The lowest BCUT2D eigenvalue weighted by atomic mass is 10.0. The Kier molecular flexibility index (Phi) is 1.90. The van der Waals surface area contributed by atoms with Crippen LogP contribution < -0.4 is 10.6 Å². The van der Waals surface area contributed by atoms with Gasteiger partial charge in [0.15, 0.2) is 0 Å². The molecular formula is C8H13N3. The highest BCUT2D eigenvalue weighted by Gasteiger charge is 2.16. The van der Waals surface area contributed by atoms with Gasteiger partial charge in [-0.3, -0.25) is 0 Å². The van der Waals surface area contributed by atoms with Crippen LogP contribution in [0.4, 0.5) is 0 Å². The largest absolute Gasteiger partial charge is 0.370 e. The van der Waals surface area contributed by atoms with E-state index in [4.69, 9.17) is 0 Å². The summed E-state index contributed by atoms with van der Waals surface area (Å²) >= 11 is 0. The third kappa shape index (κ3) is 1.43. The first-order chi connectivity index (χ1) is 5.47. The molecule has 2 aliphatic rings. The van der Waals surface area contributed by atoms with Crippen molar-refractivity contribution in [2.24, 2.45) is 4.99 Å². The van der Waals surface area contributed by atoms with E-state index in [9.17, 15) is 0 Å². The second-order valence-corrected chi connectivity index (χ2v) is 2.99. The molecule has 0 radical (unpaired) electrons. The van der Waals surface area contributed by atoms with Gasteiger partial charge in [0.2, 0.25) is 0 Å². The fraction of sp³-hybridized carbons (Fsp3) is 0.625. The summed E-state index contributed by atoms with van der Waals surface area (Å²) in [4.78, 5) is 4.08. The SMILES string of the molecule is C1=NC=C2CCNCCC2N1. The predicted octanol–water partition coefficient (Wildman–Crippen LogP) is 0.254. The smallest absolute Gasteiger partial charge is 0.0883 e. The summed E-state index contributed by atoms with van der Waals surface area (Å²) < 4.78 is 0. The first-order valence-corrected chi connectivity index (χ1v) is 4.14. The molecule has 1 unspecified atom stereocenters. The van der Waals surface area contributed by atoms with Crippen LogP contribution in [0.15, 0.2) is 16.8 Å². The summed E-state index contributed by atoms with van der Waals surface area (Å²) in [6.07, 6.45) is 6.10. The van der Waals surface area contributed by atoms with Gasteiger partial charge in [-0.25, -0.2) is 4.99 Å². The van der Waals surface area contributed by atoms with Crippen molar-refractivity contribution < 1.29 is 0 Å². The minimum Gasteiger partial charge on any atom is -0.370 e. The Morgan fingerprint density at radius 3 is 3.45 bits per heavy atom. The van der Waals surface area contributed by atoms with Gasteiger partial charge in [0.05, 0.1) is 12.4 Å². The van der Waals surface area contributed by atoms with E-state index in [1.54, 1.807) is 6.34 Å². The molecule has 0 aliphatic carbocycles. The lowest BCUT2D eigenvalue weighted by Crippen LogP contribution is -2.32. The normalized spacial score (nSPS) is 29.8. The molecule has 0 aromatic carbocycles. The Morgan fingerprint density at radius 1 is 1.45 bits per heavy atom. The first kappa shape index (κ1) is 6.85. The van der Waals surface area contributed by atoms with Crippen LogP contribution in [-0.2, 0) is 0 Å². The second-order valence-electron chi connectivity index (χ2n) is 2.99. The Morgan fingerprint density at radius 2 is 2.45 bits per heavy atom. The third-order valence-corrected chi connectivity index (χ3v) is 2.24. The summed E-state index contributed by atoms with van der Waals surface area (Å²) in [7, 11) is 0. The standard InChI is InChI=1S/C8H13N3/c1-3-9-4-2-8-7(1)5-10-6-11-8/h5-6,8-9H,1-4H2,(H,10,11). The molecule has 0 amide bonds. The van der Waals surface area contributed by atoms with Crippen molar-refractivity contribution in [3.8, 4) is 0 Å². The molecule has 2 rings (SSSR count). The Labute approximate surface area is 66.6 Å². The van der Waals surface area contributed by atoms with Gasteiger partial charge in [-0.15, -0.1) is 0 Å². The molecule has 60 valence electrons. The quantitative estimate of drug-likeness (QED) is 0.521. The molecule has 0 saturated carbocycles. The maximum atomic E-state index is 4.08. The third-order valence-electron chi connectivity index (χ3n) is 2.24. The minimum atomic E-state index is 0.544. The van der Waals surface area contributed by atoms with Gasteiger partial charge in [0.25, 0.3) is 0 Å². The molecule has 2 N–H and O–H groups in total. The average Bonchev–Trinajstić information content (AvgIpc) is 2.28. The first-order valence-electron chi connectivity index (χ1n) is 4.14. The number of hydrogen-bond donors (Lipinski definition) is 2. The van der Waals surface area contributed by atoms with Crippen molar-refractivity contribution in [3.05, 3.63) is 11.8 Å². The molecule has 0 bridgehead atoms. The molecule has 2 aliphatic heterocycles. The molecule has 3 heteroatoms. The van der Waals surface area contributed by atoms with Crippen molar-refractivity contribution in [1.29, 1.82) is 0 Å². The highest BCUT2D eigenvalue weighted by Crippen LogP contribution is 2.14. The average molecular weight is 151 g/mol. The second kappa shape index (κ2) is 3.05. The monoisotopic (exact) mass is 151 g/mol. The van der Waals surface area contributed by atoms with Gasteiger partial charge >= 0.3 is 0 Å². The van der Waals surface area contributed by atoms with E-state index in [2.05, 4.69) is 15.6 Å². The van der Waals surface area contributed by atoms with E-state index >= 15 is 0 Å². The van der Waals surface area contributed by atoms with Gasteiger partial charge in [-0.05, 0) is 31.5 Å². The van der Waals surface area contributed by atoms with E-state index in [1.165, 1.54) is 12.0 Å². The molecule has 1 saturated heterocycles. The van der Waals surface area contributed by atoms with Crippen LogP contribution in [0.2, 0.25) is 0 Å². The zero-order chi connectivity index (χ0) is 7.52. The van der Waals surface area contributed by atoms with Crippen LogP contribution in [0.1, 0.15) is 12.8 Å². The van der Waals surface area contributed by atoms with Crippen LogP contribution in [0.3, 0.4) is 0 Å². The maximum Gasteiger partial charge on any atom is 0.0883 e. The summed E-state index contributed by atoms with van der Waals surface area (Å²) in [5, 5.41) is 6.63. The van der Waals surface area contributed by atoms with Crippen LogP contribution in [0.5, 0.6) is 0 Å². The number of hydrogen-bond acceptors (Lipinski definition) is 3. The van der Waals surface area contributed by atoms with E-state index in [0.29, 0.717) is 6.04 Å². The number of nitrogens with one attached hydrogen (secondary N) is 2. The molecule has 2 heterocycles. The summed E-state index contributed by atoms with van der Waals surface area (Å²) in [6, 6.07) is 0.544. The van der Waals surface area contributed by atoms with Crippen molar-refractivity contribution in [2.75, 3.05) is 13.1 Å². The van der Waals surface area contributed by atoms with E-state index in [-0.39, 0.29) is 0 Å². The number of nitrogens with zero attached hydrogens (tertiary/aromatic N) is 1. The molecule has 11 heavy (non-hydrogen) atoms. The van der Waals surface area contributed by atoms with E-state index in [1.807, 2.05) is 6.20 Å². The fourth-order valence-corrected chi connectivity index (χ4v) is 1.57. The zero-order valence-electron chi connectivity index (χ0n) is 6.51. The van der Waals surface area contributed by atoms with Gasteiger partial charge in [-0.1, -0.05) is 0 Å². The van der Waals surface area contributed by atoms with E-state index < -0.39 is 0 Å². The van der Waals surface area contributed by atoms with Crippen molar-refractivity contribution >= 4 is 6.34 Å². The van der Waals surface area contributed by atoms with Gasteiger partial charge < -0.3 is 10.6 Å². The van der Waals surface area contributed by atoms with Crippen molar-refractivity contribution in [3.63, 3.8) is 0 Å². The number of fused-ring (bicyclic) bond motifs is 1. The topological polar surface area (TPSA) is 36.4 Å². The summed E-state index contributed by atoms with van der Waals surface area (Å²) in [5.41, 5.74) is 1.44. The van der Waals surface area contributed by atoms with Crippen LogP contribution in [0.25, 0.3) is 0 Å². The Hall–Kier alpha value is -0.830. The molecule has 0 aromatic heterocycles. The van der Waals surface area contributed by atoms with Crippen molar-refractivity contribution in [2.45, 2.75) is 18.9 Å². The molecule has 0 aromatic rings. The summed E-state index contributed by atoms with van der Waals surface area (Å²) in [6.45, 7) is 2.21. The molecular weight excluding hydrogens is 138 g/mol. The number of aliphatic imine (C=N–C) groups is 1. The molecule has 1 atom stereocenters. The Bertz CT molecular complexity index is 196. The minimum absolute atomic E-state index is 0.544. The lowest BCUT2D eigenvalue weighted by molar-refractivity contribution is 0.622. The highest BCUT2D eigenvalue weighted by molar-refractivity contribution is 5.58. The lowest BCUT2D eigenvalue weighted by Gasteiger charge is -2.19. The zero-order valence-corrected chi connectivity index (χ0v) is 6.51.